The number of ether oxygens (including phenoxy) is 2. The molecule has 2 aromatic carbocycles. The van der Waals surface area contributed by atoms with Crippen molar-refractivity contribution in [1.29, 1.82) is 0 Å². The molecular formula is C21H19N3O4S. The summed E-state index contributed by atoms with van der Waals surface area (Å²) in [5.74, 6) is 0.646. The van der Waals surface area contributed by atoms with Crippen molar-refractivity contribution in [3.63, 3.8) is 0 Å². The van der Waals surface area contributed by atoms with E-state index in [1.807, 2.05) is 36.4 Å². The Labute approximate surface area is 171 Å². The van der Waals surface area contributed by atoms with Crippen LogP contribution in [0.4, 0.5) is 5.69 Å². The molecule has 8 heteroatoms. The Morgan fingerprint density at radius 3 is 2.52 bits per heavy atom. The summed E-state index contributed by atoms with van der Waals surface area (Å²) in [4.78, 5) is 24.3. The molecule has 2 amide bonds. The van der Waals surface area contributed by atoms with Crippen molar-refractivity contribution < 1.29 is 19.1 Å². The summed E-state index contributed by atoms with van der Waals surface area (Å²) in [6, 6.07) is 14.9. The van der Waals surface area contributed by atoms with Gasteiger partial charge in [-0.25, -0.2) is 0 Å². The smallest absolute Gasteiger partial charge is 0.255 e. The monoisotopic (exact) mass is 409 g/mol. The van der Waals surface area contributed by atoms with Crippen LogP contribution in [0.15, 0.2) is 48.5 Å². The third-order valence-electron chi connectivity index (χ3n) is 4.72. The average molecular weight is 409 g/mol. The molecular weight excluding hydrogens is 390 g/mol. The number of rotatable bonds is 6. The molecule has 3 N–H and O–H groups in total. The van der Waals surface area contributed by atoms with E-state index >= 15 is 0 Å². The molecule has 0 saturated heterocycles. The number of nitrogens with zero attached hydrogens (tertiary/aromatic N) is 1. The number of fused-ring (bicyclic) bond motifs is 1. The molecule has 0 fully saturated rings. The van der Waals surface area contributed by atoms with Crippen LogP contribution in [0.3, 0.4) is 0 Å². The maximum absolute atomic E-state index is 12.4. The van der Waals surface area contributed by atoms with Crippen LogP contribution >= 0.6 is 11.5 Å². The van der Waals surface area contributed by atoms with Gasteiger partial charge in [-0.3, -0.25) is 9.59 Å². The minimum Gasteiger partial charge on any atom is -0.497 e. The van der Waals surface area contributed by atoms with Crippen molar-refractivity contribution in [3.8, 4) is 22.8 Å². The van der Waals surface area contributed by atoms with Crippen LogP contribution < -0.4 is 20.5 Å². The zero-order valence-corrected chi connectivity index (χ0v) is 16.5. The lowest BCUT2D eigenvalue weighted by Gasteiger charge is -2.23. The Kier molecular flexibility index (Phi) is 5.18. The summed E-state index contributed by atoms with van der Waals surface area (Å²) in [7, 11) is 1.62. The zero-order valence-electron chi connectivity index (χ0n) is 15.7. The predicted molar refractivity (Wildman–Crippen MR) is 110 cm³/mol. The lowest BCUT2D eigenvalue weighted by atomic mass is 9.89. The number of nitrogens with one attached hydrogen (secondary N) is 1. The number of nitrogens with two attached hydrogens (primary N) is 1. The molecule has 148 valence electrons. The normalized spacial score (nSPS) is 15.3. The number of hydrogen-bond acceptors (Lipinski definition) is 6. The number of primary amides is 1. The highest BCUT2D eigenvalue weighted by Gasteiger charge is 2.31. The standard InChI is InChI=1S/C21H19N3O4S/c1-27-14-6-4-13(5-7-14)19-20-21(29-24-19)16(10-18(26)23-20)12-2-8-15(9-3-12)28-11-17(22)25/h2-9,16H,10-11H2,1H3,(H2,22,25)(H,23,26)/t16-/m1/s1. The van der Waals surface area contributed by atoms with E-state index in [0.29, 0.717) is 12.2 Å². The van der Waals surface area contributed by atoms with Gasteiger partial charge in [0.15, 0.2) is 6.61 Å². The Balaban J connectivity index is 1.64. The fourth-order valence-corrected chi connectivity index (χ4v) is 4.27. The van der Waals surface area contributed by atoms with Crippen molar-refractivity contribution in [2.75, 3.05) is 19.0 Å². The summed E-state index contributed by atoms with van der Waals surface area (Å²) < 4.78 is 15.1. The minimum atomic E-state index is -0.529. The van der Waals surface area contributed by atoms with Gasteiger partial charge in [0, 0.05) is 17.9 Å². The van der Waals surface area contributed by atoms with Crippen LogP contribution in [0.1, 0.15) is 22.8 Å². The number of amides is 2. The van der Waals surface area contributed by atoms with Gasteiger partial charge in [-0.05, 0) is 53.5 Å². The summed E-state index contributed by atoms with van der Waals surface area (Å²) in [6.45, 7) is -0.171. The first kappa shape index (κ1) is 18.9. The molecule has 1 atom stereocenters. The molecule has 0 bridgehead atoms. The van der Waals surface area contributed by atoms with E-state index in [1.54, 1.807) is 19.2 Å². The third kappa shape index (κ3) is 3.93. The van der Waals surface area contributed by atoms with Crippen LogP contribution in [0.2, 0.25) is 0 Å². The first-order chi connectivity index (χ1) is 14.0. The highest BCUT2D eigenvalue weighted by Crippen LogP contribution is 2.45. The first-order valence-corrected chi connectivity index (χ1v) is 9.77. The molecule has 1 aliphatic rings. The van der Waals surface area contributed by atoms with Gasteiger partial charge in [0.05, 0.1) is 17.7 Å². The number of benzene rings is 2. The molecule has 0 unspecified atom stereocenters. The fraction of sp³-hybridized carbons (Fsp3) is 0.190. The SMILES string of the molecule is COc1ccc(-c2nsc3c2NC(=O)C[C@@H]3c2ccc(OCC(N)=O)cc2)cc1. The predicted octanol–water partition coefficient (Wildman–Crippen LogP) is 3.16. The van der Waals surface area contributed by atoms with Gasteiger partial charge in [-0.2, -0.15) is 4.37 Å². The highest BCUT2D eigenvalue weighted by atomic mass is 32.1. The molecule has 0 saturated carbocycles. The Morgan fingerprint density at radius 1 is 1.17 bits per heavy atom. The van der Waals surface area contributed by atoms with Crippen molar-refractivity contribution in [2.45, 2.75) is 12.3 Å². The fourth-order valence-electron chi connectivity index (χ4n) is 3.30. The van der Waals surface area contributed by atoms with Gasteiger partial charge in [0.1, 0.15) is 17.2 Å². The van der Waals surface area contributed by atoms with Crippen LogP contribution in [-0.2, 0) is 9.59 Å². The van der Waals surface area contributed by atoms with E-state index in [4.69, 9.17) is 15.2 Å². The van der Waals surface area contributed by atoms with E-state index in [2.05, 4.69) is 9.69 Å². The third-order valence-corrected chi connectivity index (χ3v) is 5.68. The first-order valence-electron chi connectivity index (χ1n) is 9.00. The van der Waals surface area contributed by atoms with Gasteiger partial charge in [0.25, 0.3) is 5.91 Å². The Morgan fingerprint density at radius 2 is 1.86 bits per heavy atom. The lowest BCUT2D eigenvalue weighted by molar-refractivity contribution is -0.120. The quantitative estimate of drug-likeness (QED) is 0.651. The van der Waals surface area contributed by atoms with Crippen LogP contribution in [0, 0.1) is 0 Å². The maximum Gasteiger partial charge on any atom is 0.255 e. The Hall–Kier alpha value is -3.39. The number of aromatic nitrogens is 1. The van der Waals surface area contributed by atoms with E-state index in [9.17, 15) is 9.59 Å². The molecule has 1 aromatic heterocycles. The molecule has 2 heterocycles. The van der Waals surface area contributed by atoms with Gasteiger partial charge < -0.3 is 20.5 Å². The highest BCUT2D eigenvalue weighted by molar-refractivity contribution is 7.07. The molecule has 0 aliphatic carbocycles. The average Bonchev–Trinajstić information content (AvgIpc) is 3.16. The van der Waals surface area contributed by atoms with E-state index in [0.717, 1.165) is 33.1 Å². The summed E-state index contributed by atoms with van der Waals surface area (Å²) >= 11 is 1.39. The molecule has 7 nitrogen and oxygen atoms in total. The second-order valence-electron chi connectivity index (χ2n) is 6.63. The van der Waals surface area contributed by atoms with Crippen LogP contribution in [-0.4, -0.2) is 29.9 Å². The van der Waals surface area contributed by atoms with Crippen LogP contribution in [0.25, 0.3) is 11.3 Å². The molecule has 4 rings (SSSR count). The van der Waals surface area contributed by atoms with Crippen molar-refractivity contribution in [2.24, 2.45) is 5.73 Å². The summed E-state index contributed by atoms with van der Waals surface area (Å²) in [5, 5.41) is 2.98. The van der Waals surface area contributed by atoms with E-state index < -0.39 is 5.91 Å². The molecule has 0 spiro atoms. The topological polar surface area (TPSA) is 104 Å². The largest absolute Gasteiger partial charge is 0.497 e. The zero-order chi connectivity index (χ0) is 20.4. The number of methoxy groups -OCH3 is 1. The minimum absolute atomic E-state index is 0.0495. The number of hydrogen-bond donors (Lipinski definition) is 2. The van der Waals surface area contributed by atoms with Crippen molar-refractivity contribution in [3.05, 3.63) is 59.0 Å². The maximum atomic E-state index is 12.4. The van der Waals surface area contributed by atoms with E-state index in [-0.39, 0.29) is 18.4 Å². The van der Waals surface area contributed by atoms with Crippen molar-refractivity contribution >= 4 is 29.0 Å². The number of anilines is 1. The molecule has 29 heavy (non-hydrogen) atoms. The van der Waals surface area contributed by atoms with Gasteiger partial charge in [-0.15, -0.1) is 0 Å². The second-order valence-corrected chi connectivity index (χ2v) is 7.43. The van der Waals surface area contributed by atoms with Gasteiger partial charge in [-0.1, -0.05) is 12.1 Å². The molecule has 1 aliphatic heterocycles. The lowest BCUT2D eigenvalue weighted by Crippen LogP contribution is -2.22. The summed E-state index contributed by atoms with van der Waals surface area (Å²) in [5.41, 5.74) is 8.52. The van der Waals surface area contributed by atoms with Gasteiger partial charge in [0.2, 0.25) is 5.91 Å². The van der Waals surface area contributed by atoms with Gasteiger partial charge >= 0.3 is 0 Å². The number of carbonyl (C=O) groups is 2. The molecule has 3 aromatic rings. The van der Waals surface area contributed by atoms with E-state index in [1.165, 1.54) is 11.5 Å². The Bertz CT molecular complexity index is 1040. The second kappa shape index (κ2) is 7.92. The van der Waals surface area contributed by atoms with Crippen LogP contribution in [0.5, 0.6) is 11.5 Å². The van der Waals surface area contributed by atoms with Crippen molar-refractivity contribution in [1.82, 2.24) is 4.37 Å². The summed E-state index contributed by atoms with van der Waals surface area (Å²) in [6.07, 6.45) is 0.346. The molecule has 0 radical (unpaired) electrons. The number of carbonyl (C=O) groups excluding carboxylic acids is 2.